The Morgan fingerprint density at radius 2 is 1.06 bits per heavy atom. The molecule has 6 aliphatic rings. The molecule has 0 aliphatic heterocycles. The lowest BCUT2D eigenvalue weighted by Gasteiger charge is -2.35. The lowest BCUT2D eigenvalue weighted by atomic mass is 9.67. The second-order valence-corrected chi connectivity index (χ2v) is 19.7. The summed E-state index contributed by atoms with van der Waals surface area (Å²) in [7, 11) is 0. The predicted octanol–water partition coefficient (Wildman–Crippen LogP) is 13.7. The Balaban J connectivity index is 1.14. The maximum absolute atomic E-state index is 9.61. The molecule has 6 aliphatic carbocycles. The Kier molecular flexibility index (Phi) is 7.69. The zero-order valence-electron chi connectivity index (χ0n) is 29.0. The van der Waals surface area contributed by atoms with Crippen LogP contribution in [0.2, 0.25) is 0 Å². The highest BCUT2D eigenvalue weighted by atomic mass is 32.1. The molecule has 2 spiro atoms. The van der Waals surface area contributed by atoms with Crippen LogP contribution in [0.15, 0.2) is 46.7 Å². The largest absolute Gasteiger partial charge is 0.265 e. The Hall–Kier alpha value is -4.02. The first-order chi connectivity index (χ1) is 25.5. The highest BCUT2D eigenvalue weighted by Gasteiger charge is 2.52. The van der Waals surface area contributed by atoms with Gasteiger partial charge in [-0.1, -0.05) is 50.7 Å². The number of allylic oxidation sites excluding steroid dienone is 8. The van der Waals surface area contributed by atoms with Crippen molar-refractivity contribution in [1.82, 2.24) is 0 Å². The Bertz CT molecular complexity index is 2320. The van der Waals surface area contributed by atoms with E-state index in [1.165, 1.54) is 105 Å². The minimum Gasteiger partial charge on any atom is -0.226 e. The fraction of sp³-hybridized carbons (Fsp3) is 0.409. The molecular formula is C44H36N4S4. The SMILES string of the molecule is [C-]#[N+]/C(C#N)=C1/C=C(c2cc3c(s2)-c2sc4c5c(sc4c2C32CCCCC2)-c2sc(C3=CC(=C(C#N)C#N)CCC3)cc2C52CCCCC2)CCC1. The monoisotopic (exact) mass is 748 g/mol. The number of fused-ring (bicyclic) bond motifs is 13. The van der Waals surface area contributed by atoms with E-state index in [1.54, 1.807) is 31.7 Å². The second kappa shape index (κ2) is 12.3. The second-order valence-electron chi connectivity index (χ2n) is 15.5. The van der Waals surface area contributed by atoms with Crippen molar-refractivity contribution < 1.29 is 0 Å². The Morgan fingerprint density at radius 1 is 0.577 bits per heavy atom. The van der Waals surface area contributed by atoms with Crippen molar-refractivity contribution in [1.29, 1.82) is 15.8 Å². The van der Waals surface area contributed by atoms with Crippen molar-refractivity contribution in [3.63, 3.8) is 0 Å². The van der Waals surface area contributed by atoms with E-state index < -0.39 is 0 Å². The number of nitriles is 3. The molecule has 2 fully saturated rings. The zero-order valence-corrected chi connectivity index (χ0v) is 32.3. The molecule has 4 aromatic rings. The molecule has 0 N–H and O–H groups in total. The smallest absolute Gasteiger partial charge is 0.226 e. The van der Waals surface area contributed by atoms with Gasteiger partial charge in [0.1, 0.15) is 17.7 Å². The van der Waals surface area contributed by atoms with E-state index in [-0.39, 0.29) is 22.1 Å². The lowest BCUT2D eigenvalue weighted by molar-refractivity contribution is 0.354. The molecule has 0 bridgehead atoms. The van der Waals surface area contributed by atoms with E-state index in [9.17, 15) is 15.8 Å². The van der Waals surface area contributed by atoms with E-state index in [4.69, 9.17) is 6.57 Å². The van der Waals surface area contributed by atoms with Gasteiger partial charge in [-0.25, -0.2) is 10.1 Å². The van der Waals surface area contributed by atoms with Crippen LogP contribution < -0.4 is 0 Å². The molecule has 0 atom stereocenters. The fourth-order valence-electron chi connectivity index (χ4n) is 10.6. The molecule has 8 heteroatoms. The van der Waals surface area contributed by atoms with Crippen molar-refractivity contribution in [2.75, 3.05) is 0 Å². The average Bonchev–Trinajstić information content (AvgIpc) is 4.02. The summed E-state index contributed by atoms with van der Waals surface area (Å²) in [5, 5.41) is 28.8. The highest BCUT2D eigenvalue weighted by molar-refractivity contribution is 7.34. The first-order valence-electron chi connectivity index (χ1n) is 18.9. The minimum atomic E-state index is 0.0764. The van der Waals surface area contributed by atoms with Crippen LogP contribution in [0.5, 0.6) is 0 Å². The average molecular weight is 749 g/mol. The standard InChI is InChI=1S/C44H36N4S4/c1-48-32(24-47)26-11-9-13-28(19-26)34-21-31-38(50-34)40-36(44(31)16-6-3-7-17-44)42-41(52-40)35-39(51-42)37-30(43(35)14-4-2-5-15-43)20-33(49-37)27-12-8-10-25(18-27)29(22-45)23-46/h18-21H,2-17H2/b32-26+. The molecule has 52 heavy (non-hydrogen) atoms. The summed E-state index contributed by atoms with van der Waals surface area (Å²) in [6.07, 6.45) is 22.5. The predicted molar refractivity (Wildman–Crippen MR) is 215 cm³/mol. The van der Waals surface area contributed by atoms with Crippen molar-refractivity contribution in [2.24, 2.45) is 0 Å². The quantitative estimate of drug-likeness (QED) is 0.151. The molecule has 2 saturated carbocycles. The first kappa shape index (κ1) is 32.6. The molecule has 0 saturated heterocycles. The van der Waals surface area contributed by atoms with E-state index in [2.05, 4.69) is 70.0 Å². The number of hydrogen-bond acceptors (Lipinski definition) is 7. The number of thiophene rings is 4. The van der Waals surface area contributed by atoms with Gasteiger partial charge in [-0.05, 0) is 110 Å². The molecule has 10 rings (SSSR count). The number of rotatable bonds is 2. The summed E-state index contributed by atoms with van der Waals surface area (Å²) in [6, 6.07) is 11.5. The molecule has 4 aromatic heterocycles. The van der Waals surface area contributed by atoms with Gasteiger partial charge in [0, 0.05) is 41.5 Å². The lowest BCUT2D eigenvalue weighted by Crippen LogP contribution is -2.28. The third-order valence-electron chi connectivity index (χ3n) is 13.0. The van der Waals surface area contributed by atoms with E-state index >= 15 is 0 Å². The van der Waals surface area contributed by atoms with Gasteiger partial charge in [0.05, 0.1) is 31.8 Å². The van der Waals surface area contributed by atoms with Crippen molar-refractivity contribution >= 4 is 65.9 Å². The normalized spacial score (nSPS) is 21.7. The van der Waals surface area contributed by atoms with Gasteiger partial charge >= 0.3 is 0 Å². The van der Waals surface area contributed by atoms with Crippen LogP contribution in [0, 0.1) is 40.6 Å². The van der Waals surface area contributed by atoms with Gasteiger partial charge in [0.15, 0.2) is 0 Å². The van der Waals surface area contributed by atoms with Crippen molar-refractivity contribution in [3.05, 3.63) is 90.1 Å². The van der Waals surface area contributed by atoms with Crippen LogP contribution in [-0.2, 0) is 10.8 Å². The van der Waals surface area contributed by atoms with E-state index in [0.717, 1.165) is 49.7 Å². The third kappa shape index (κ3) is 4.49. The summed E-state index contributed by atoms with van der Waals surface area (Å²) in [5.74, 6) is 0. The molecule has 256 valence electrons. The molecule has 4 heterocycles. The van der Waals surface area contributed by atoms with Gasteiger partial charge in [-0.2, -0.15) is 10.5 Å². The number of hydrogen-bond donors (Lipinski definition) is 0. The number of nitrogens with zero attached hydrogens (tertiary/aromatic N) is 4. The van der Waals surface area contributed by atoms with Crippen molar-refractivity contribution in [3.8, 4) is 37.7 Å². The summed E-state index contributed by atoms with van der Waals surface area (Å²) >= 11 is 8.14. The molecule has 4 nitrogen and oxygen atoms in total. The van der Waals surface area contributed by atoms with Gasteiger partial charge in [-0.3, -0.25) is 0 Å². The zero-order chi connectivity index (χ0) is 35.2. The molecular weight excluding hydrogens is 713 g/mol. The van der Waals surface area contributed by atoms with Crippen LogP contribution in [0.4, 0.5) is 0 Å². The maximum atomic E-state index is 9.61. The van der Waals surface area contributed by atoms with Gasteiger partial charge in [0.25, 0.3) is 5.70 Å². The molecule has 0 unspecified atom stereocenters. The van der Waals surface area contributed by atoms with Crippen LogP contribution in [-0.4, -0.2) is 0 Å². The summed E-state index contributed by atoms with van der Waals surface area (Å²) in [4.78, 5) is 12.3. The summed E-state index contributed by atoms with van der Waals surface area (Å²) in [5.41, 5.74) is 11.5. The topological polar surface area (TPSA) is 75.7 Å². The van der Waals surface area contributed by atoms with Crippen LogP contribution in [0.25, 0.3) is 44.9 Å². The van der Waals surface area contributed by atoms with Gasteiger partial charge < -0.3 is 0 Å². The summed E-state index contributed by atoms with van der Waals surface area (Å²) in [6.45, 7) is 7.54. The molecule has 0 aromatic carbocycles. The third-order valence-corrected chi connectivity index (χ3v) is 18.3. The Labute approximate surface area is 321 Å². The van der Waals surface area contributed by atoms with Crippen molar-refractivity contribution in [2.45, 2.75) is 114 Å². The van der Waals surface area contributed by atoms with Crippen LogP contribution in [0.1, 0.15) is 135 Å². The van der Waals surface area contributed by atoms with Crippen LogP contribution >= 0.6 is 45.3 Å². The fourth-order valence-corrected chi connectivity index (χ4v) is 16.8. The van der Waals surface area contributed by atoms with E-state index in [0.29, 0.717) is 0 Å². The molecule has 0 amide bonds. The summed E-state index contributed by atoms with van der Waals surface area (Å²) < 4.78 is 3.13. The Morgan fingerprint density at radius 3 is 1.52 bits per heavy atom. The molecule has 0 radical (unpaired) electrons. The van der Waals surface area contributed by atoms with Gasteiger partial charge in [0.2, 0.25) is 0 Å². The van der Waals surface area contributed by atoms with E-state index in [1.807, 2.05) is 22.7 Å². The first-order valence-corrected chi connectivity index (χ1v) is 22.2. The minimum absolute atomic E-state index is 0.0764. The maximum Gasteiger partial charge on any atom is 0.265 e. The highest BCUT2D eigenvalue weighted by Crippen LogP contribution is 2.70. The van der Waals surface area contributed by atoms with Crippen LogP contribution in [0.3, 0.4) is 0 Å². The van der Waals surface area contributed by atoms with Gasteiger partial charge in [-0.15, -0.1) is 45.3 Å².